The van der Waals surface area contributed by atoms with Gasteiger partial charge in [0.25, 0.3) is 11.4 Å². The summed E-state index contributed by atoms with van der Waals surface area (Å²) in [5.41, 5.74) is 15.4. The molecule has 15 nitrogen and oxygen atoms in total. The number of ether oxygens (including phenoxy) is 2. The van der Waals surface area contributed by atoms with Crippen molar-refractivity contribution >= 4 is 39.7 Å². The number of non-ortho nitro benzene ring substituents is 2. The molecule has 1 aliphatic heterocycles. The molecule has 2 aliphatic rings. The third-order valence-electron chi connectivity index (χ3n) is 6.79. The molecule has 0 spiro atoms. The number of nitrogens with zero attached hydrogens (tertiary/aromatic N) is 6. The summed E-state index contributed by atoms with van der Waals surface area (Å²) in [6.45, 7) is 2.12. The molecule has 5 rings (SSSR count). The largest absolute Gasteiger partial charge is 0.377 e. The van der Waals surface area contributed by atoms with Gasteiger partial charge in [0.05, 0.1) is 82.8 Å². The van der Waals surface area contributed by atoms with Crippen LogP contribution in [0.25, 0.3) is 28.1 Å². The molecule has 15 heteroatoms. The first-order valence-corrected chi connectivity index (χ1v) is 14.2. The Morgan fingerprint density at radius 2 is 1.46 bits per heavy atom. The number of nitro benzene ring substituents is 2. The van der Waals surface area contributed by atoms with Gasteiger partial charge in [0.15, 0.2) is 5.96 Å². The number of guanidine groups is 1. The Bertz CT molecular complexity index is 1900. The molecule has 0 fully saturated rings. The SMILES string of the molecule is NC(N)=NCCOCCOCCN=c1cc2n(-c3ccc([N+](=O)[O-])cc3)c3ccccc3nc-2cc1Nc1ccc([N+](=O)[O-])cc1. The van der Waals surface area contributed by atoms with Crippen LogP contribution in [-0.2, 0) is 9.47 Å². The van der Waals surface area contributed by atoms with E-state index in [1.807, 2.05) is 41.0 Å². The van der Waals surface area contributed by atoms with Crippen LogP contribution in [0, 0.1) is 20.2 Å². The summed E-state index contributed by atoms with van der Waals surface area (Å²) < 4.78 is 13.1. The zero-order valence-electron chi connectivity index (χ0n) is 24.6. The summed E-state index contributed by atoms with van der Waals surface area (Å²) >= 11 is 0. The number of rotatable bonds is 14. The smallest absolute Gasteiger partial charge is 0.269 e. The van der Waals surface area contributed by atoms with E-state index >= 15 is 0 Å². The number of nitrogens with one attached hydrogen (secondary N) is 1. The maximum Gasteiger partial charge on any atom is 0.269 e. The first-order chi connectivity index (χ1) is 22.3. The first-order valence-electron chi connectivity index (χ1n) is 14.2. The zero-order valence-corrected chi connectivity index (χ0v) is 24.6. The lowest BCUT2D eigenvalue weighted by atomic mass is 10.1. The quantitative estimate of drug-likeness (QED) is 0.0404. The van der Waals surface area contributed by atoms with Crippen molar-refractivity contribution in [2.24, 2.45) is 21.5 Å². The Kier molecular flexibility index (Phi) is 10.1. The van der Waals surface area contributed by atoms with E-state index in [2.05, 4.69) is 10.3 Å². The predicted octanol–water partition coefficient (Wildman–Crippen LogP) is 3.90. The molecule has 0 saturated carbocycles. The molecule has 46 heavy (non-hydrogen) atoms. The lowest BCUT2D eigenvalue weighted by molar-refractivity contribution is -0.385. The number of benzene rings is 4. The Morgan fingerprint density at radius 3 is 2.11 bits per heavy atom. The van der Waals surface area contributed by atoms with Gasteiger partial charge >= 0.3 is 0 Å². The maximum absolute atomic E-state index is 11.3. The maximum atomic E-state index is 11.3. The van der Waals surface area contributed by atoms with Crippen LogP contribution in [0.2, 0.25) is 0 Å². The van der Waals surface area contributed by atoms with Crippen LogP contribution in [0.4, 0.5) is 22.7 Å². The Morgan fingerprint density at radius 1 is 0.826 bits per heavy atom. The van der Waals surface area contributed by atoms with E-state index in [0.29, 0.717) is 73.1 Å². The molecule has 0 aromatic heterocycles. The number of anilines is 2. The van der Waals surface area contributed by atoms with Gasteiger partial charge < -0.3 is 30.8 Å². The van der Waals surface area contributed by atoms with Crippen LogP contribution < -0.4 is 22.1 Å². The summed E-state index contributed by atoms with van der Waals surface area (Å²) in [4.78, 5) is 35.1. The zero-order chi connectivity index (χ0) is 32.5. The monoisotopic (exact) mass is 625 g/mol. The third kappa shape index (κ3) is 7.77. The second kappa shape index (κ2) is 14.7. The minimum absolute atomic E-state index is 0.0137. The molecule has 1 heterocycles. The van der Waals surface area contributed by atoms with E-state index in [9.17, 15) is 20.2 Å². The van der Waals surface area contributed by atoms with Crippen molar-refractivity contribution in [3.05, 3.63) is 111 Å². The molecule has 3 aromatic rings. The second-order valence-electron chi connectivity index (χ2n) is 9.91. The van der Waals surface area contributed by atoms with Crippen LogP contribution in [0.1, 0.15) is 0 Å². The van der Waals surface area contributed by atoms with E-state index in [0.717, 1.165) is 11.2 Å². The molecular weight excluding hydrogens is 594 g/mol. The van der Waals surface area contributed by atoms with Crippen molar-refractivity contribution in [2.75, 3.05) is 44.8 Å². The van der Waals surface area contributed by atoms with Gasteiger partial charge in [-0.05, 0) is 48.5 Å². The number of aromatic nitrogens is 2. The fraction of sp³-hybridized carbons (Fsp3) is 0.194. The summed E-state index contributed by atoms with van der Waals surface area (Å²) in [5, 5.41) is 26.4. The average molecular weight is 626 g/mol. The lowest BCUT2D eigenvalue weighted by Gasteiger charge is -2.20. The van der Waals surface area contributed by atoms with Crippen molar-refractivity contribution in [2.45, 2.75) is 0 Å². The Balaban J connectivity index is 1.49. The summed E-state index contributed by atoms with van der Waals surface area (Å²) in [6, 6.07) is 23.7. The number of hydrogen-bond donors (Lipinski definition) is 3. The normalized spacial score (nSPS) is 11.5. The van der Waals surface area contributed by atoms with Crippen LogP contribution in [0.3, 0.4) is 0 Å². The molecule has 3 aromatic carbocycles. The van der Waals surface area contributed by atoms with Crippen LogP contribution in [0.5, 0.6) is 0 Å². The minimum atomic E-state index is -0.457. The molecule has 0 saturated heterocycles. The number of para-hydroxylation sites is 2. The highest BCUT2D eigenvalue weighted by atomic mass is 16.6. The molecule has 0 bridgehead atoms. The predicted molar refractivity (Wildman–Crippen MR) is 173 cm³/mol. The highest BCUT2D eigenvalue weighted by Gasteiger charge is 2.17. The minimum Gasteiger partial charge on any atom is -0.377 e. The van der Waals surface area contributed by atoms with Crippen molar-refractivity contribution in [3.8, 4) is 17.1 Å². The molecule has 0 atom stereocenters. The third-order valence-corrected chi connectivity index (χ3v) is 6.79. The number of nitrogens with two attached hydrogens (primary N) is 2. The van der Waals surface area contributed by atoms with Gasteiger partial charge in [-0.3, -0.25) is 30.2 Å². The lowest BCUT2D eigenvalue weighted by Crippen LogP contribution is -2.23. The average Bonchev–Trinajstić information content (AvgIpc) is 3.05. The van der Waals surface area contributed by atoms with E-state index in [4.69, 9.17) is 30.9 Å². The highest BCUT2D eigenvalue weighted by molar-refractivity contribution is 5.84. The van der Waals surface area contributed by atoms with Gasteiger partial charge in [-0.1, -0.05) is 12.1 Å². The molecule has 1 aliphatic carbocycles. The van der Waals surface area contributed by atoms with Crippen LogP contribution in [-0.4, -0.2) is 64.9 Å². The highest BCUT2D eigenvalue weighted by Crippen LogP contribution is 2.31. The van der Waals surface area contributed by atoms with Gasteiger partial charge in [0.2, 0.25) is 0 Å². The molecule has 0 amide bonds. The molecule has 0 unspecified atom stereocenters. The van der Waals surface area contributed by atoms with Crippen molar-refractivity contribution in [1.29, 1.82) is 0 Å². The van der Waals surface area contributed by atoms with Gasteiger partial charge in [0, 0.05) is 35.6 Å². The Hall–Kier alpha value is -5.93. The van der Waals surface area contributed by atoms with E-state index in [-0.39, 0.29) is 17.3 Å². The number of fused-ring (bicyclic) bond motifs is 2. The van der Waals surface area contributed by atoms with Crippen molar-refractivity contribution < 1.29 is 19.3 Å². The molecular formula is C31H31N9O6. The first kappa shape index (κ1) is 31.5. The van der Waals surface area contributed by atoms with E-state index < -0.39 is 9.85 Å². The number of nitro groups is 2. The topological polar surface area (TPSA) is 211 Å². The number of aliphatic imine (C=N–C) groups is 1. The van der Waals surface area contributed by atoms with E-state index in [1.165, 1.54) is 24.3 Å². The van der Waals surface area contributed by atoms with Gasteiger partial charge in [-0.25, -0.2) is 4.98 Å². The van der Waals surface area contributed by atoms with Gasteiger partial charge in [-0.15, -0.1) is 0 Å². The fourth-order valence-corrected chi connectivity index (χ4v) is 4.69. The van der Waals surface area contributed by atoms with E-state index in [1.54, 1.807) is 24.3 Å². The fourth-order valence-electron chi connectivity index (χ4n) is 4.69. The summed E-state index contributed by atoms with van der Waals surface area (Å²) in [5.74, 6) is 0.0137. The molecule has 5 N–H and O–H groups in total. The second-order valence-corrected chi connectivity index (χ2v) is 9.91. The summed E-state index contributed by atoms with van der Waals surface area (Å²) in [7, 11) is 0. The van der Waals surface area contributed by atoms with Gasteiger partial charge in [0.1, 0.15) is 0 Å². The van der Waals surface area contributed by atoms with Crippen molar-refractivity contribution in [3.63, 3.8) is 0 Å². The Labute approximate surface area is 262 Å². The van der Waals surface area contributed by atoms with Crippen molar-refractivity contribution in [1.82, 2.24) is 9.55 Å². The number of hydrogen-bond acceptors (Lipinski definition) is 10. The van der Waals surface area contributed by atoms with Crippen LogP contribution >= 0.6 is 0 Å². The van der Waals surface area contributed by atoms with Gasteiger partial charge in [-0.2, -0.15) is 0 Å². The molecule has 236 valence electrons. The summed E-state index contributed by atoms with van der Waals surface area (Å²) in [6.07, 6.45) is 0. The standard InChI is InChI=1S/C31H31N9O6/c32-31(33)35-14-16-46-18-17-45-15-13-34-26-20-30-28(19-27(26)36-21-5-7-23(8-6-21)39(41)42)37-25-3-1-2-4-29(25)38(30)22-9-11-24(12-10-22)40(43)44/h1-12,19-20,36H,13-18H2,(H4,32,33,35). The molecule has 0 radical (unpaired) electrons. The van der Waals surface area contributed by atoms with Crippen LogP contribution in [0.15, 0.2) is 94.9 Å².